The van der Waals surface area contributed by atoms with Gasteiger partial charge in [-0.25, -0.2) is 12.8 Å². The van der Waals surface area contributed by atoms with Gasteiger partial charge in [0.1, 0.15) is 5.82 Å². The Morgan fingerprint density at radius 2 is 1.84 bits per heavy atom. The third-order valence-electron chi connectivity index (χ3n) is 5.26. The second-order valence-electron chi connectivity index (χ2n) is 7.80. The Hall–Kier alpha value is -2.66. The number of hydrogen-bond acceptors (Lipinski definition) is 4. The number of hydrogen-bond donors (Lipinski definition) is 1. The number of aryl methyl sites for hydroxylation is 1. The number of piperazine rings is 1. The van der Waals surface area contributed by atoms with Crippen LogP contribution in [0.2, 0.25) is 0 Å². The van der Waals surface area contributed by atoms with Crippen LogP contribution < -0.4 is 4.90 Å². The van der Waals surface area contributed by atoms with Gasteiger partial charge in [0, 0.05) is 31.4 Å². The lowest BCUT2D eigenvalue weighted by Gasteiger charge is -2.40. The molecular weight excluding hydrogens is 452 g/mol. The Bertz CT molecular complexity index is 1140. The highest BCUT2D eigenvalue weighted by Gasteiger charge is 2.36. The average molecular weight is 474 g/mol. The number of halogens is 4. The van der Waals surface area contributed by atoms with Gasteiger partial charge in [0.2, 0.25) is 10.0 Å². The molecule has 1 heterocycles. The predicted octanol–water partition coefficient (Wildman–Crippen LogP) is 3.68. The van der Waals surface area contributed by atoms with Crippen molar-refractivity contribution in [1.29, 1.82) is 0 Å². The summed E-state index contributed by atoms with van der Waals surface area (Å²) in [6.45, 7) is 3.66. The first-order valence-corrected chi connectivity index (χ1v) is 11.2. The number of rotatable bonds is 5. The molecule has 0 bridgehead atoms. The minimum absolute atomic E-state index is 0.0189. The summed E-state index contributed by atoms with van der Waals surface area (Å²) in [4.78, 5) is 12.6. The molecule has 6 nitrogen and oxygen atoms in total. The highest BCUT2D eigenvalue weighted by Crippen LogP contribution is 2.34. The van der Waals surface area contributed by atoms with Crippen molar-refractivity contribution in [2.45, 2.75) is 37.4 Å². The minimum Gasteiger partial charge on any atom is -0.481 e. The van der Waals surface area contributed by atoms with Gasteiger partial charge in [-0.1, -0.05) is 6.07 Å². The molecule has 3 rings (SSSR count). The smallest absolute Gasteiger partial charge is 0.419 e. The van der Waals surface area contributed by atoms with Crippen LogP contribution in [0.25, 0.3) is 0 Å². The van der Waals surface area contributed by atoms with Crippen LogP contribution in [0, 0.1) is 12.7 Å². The van der Waals surface area contributed by atoms with Crippen molar-refractivity contribution in [2.24, 2.45) is 0 Å². The molecule has 1 atom stereocenters. The molecule has 1 aliphatic heterocycles. The molecule has 2 aromatic carbocycles. The fourth-order valence-electron chi connectivity index (χ4n) is 3.85. The zero-order valence-corrected chi connectivity index (χ0v) is 18.2. The SMILES string of the molecule is Cc1cc(CC(=O)O)cc(S(=O)(=O)N2CCN(c3ccc(C(F)(F)F)c(F)c3)CC2C)c1. The fraction of sp³-hybridized carbons (Fsp3) is 0.381. The second-order valence-corrected chi connectivity index (χ2v) is 9.69. The molecule has 1 saturated heterocycles. The molecule has 0 aromatic heterocycles. The van der Waals surface area contributed by atoms with Gasteiger partial charge in [-0.05, 0) is 55.3 Å². The number of benzene rings is 2. The van der Waals surface area contributed by atoms with Gasteiger partial charge in [-0.15, -0.1) is 0 Å². The average Bonchev–Trinajstić information content (AvgIpc) is 2.65. The molecule has 1 unspecified atom stereocenters. The van der Waals surface area contributed by atoms with Crippen LogP contribution in [0.3, 0.4) is 0 Å². The third-order valence-corrected chi connectivity index (χ3v) is 7.25. The molecule has 32 heavy (non-hydrogen) atoms. The Balaban J connectivity index is 1.82. The van der Waals surface area contributed by atoms with Crippen molar-refractivity contribution in [2.75, 3.05) is 24.5 Å². The van der Waals surface area contributed by atoms with Gasteiger partial charge in [-0.2, -0.15) is 17.5 Å². The standard InChI is InChI=1S/C21H22F4N2O4S/c1-13-7-15(10-20(28)29)9-17(8-13)32(30,31)27-6-5-26(12-14(27)2)16-3-4-18(19(22)11-16)21(23,24)25/h3-4,7-9,11,14H,5-6,10,12H2,1-2H3,(H,28,29). The van der Waals surface area contributed by atoms with Crippen molar-refractivity contribution >= 4 is 21.7 Å². The van der Waals surface area contributed by atoms with Gasteiger partial charge in [-0.3, -0.25) is 4.79 Å². The molecule has 1 aliphatic rings. The monoisotopic (exact) mass is 474 g/mol. The zero-order chi connectivity index (χ0) is 23.8. The summed E-state index contributed by atoms with van der Waals surface area (Å²) in [5.74, 6) is -2.46. The highest BCUT2D eigenvalue weighted by molar-refractivity contribution is 7.89. The molecule has 1 fully saturated rings. The molecular formula is C21H22F4N2O4S. The molecule has 11 heteroatoms. The maximum atomic E-state index is 14.0. The quantitative estimate of drug-likeness (QED) is 0.669. The van der Waals surface area contributed by atoms with Crippen LogP contribution >= 0.6 is 0 Å². The van der Waals surface area contributed by atoms with E-state index in [1.54, 1.807) is 24.8 Å². The first-order chi connectivity index (χ1) is 14.8. The van der Waals surface area contributed by atoms with Crippen LogP contribution in [0.4, 0.5) is 23.2 Å². The van der Waals surface area contributed by atoms with Crippen LogP contribution in [-0.2, 0) is 27.4 Å². The van der Waals surface area contributed by atoms with Crippen LogP contribution in [0.5, 0.6) is 0 Å². The summed E-state index contributed by atoms with van der Waals surface area (Å²) in [7, 11) is -3.94. The number of nitrogens with zero attached hydrogens (tertiary/aromatic N) is 2. The van der Waals surface area contributed by atoms with E-state index in [1.807, 2.05) is 0 Å². The van der Waals surface area contributed by atoms with Gasteiger partial charge in [0.15, 0.2) is 0 Å². The van der Waals surface area contributed by atoms with E-state index < -0.39 is 39.6 Å². The summed E-state index contributed by atoms with van der Waals surface area (Å²) < 4.78 is 80.0. The number of carboxylic acid groups (broad SMARTS) is 1. The molecule has 2 aromatic rings. The molecule has 0 radical (unpaired) electrons. The Labute approximate surface area is 183 Å². The van der Waals surface area contributed by atoms with E-state index in [1.165, 1.54) is 22.5 Å². The van der Waals surface area contributed by atoms with E-state index in [-0.39, 0.29) is 36.6 Å². The number of alkyl halides is 3. The van der Waals surface area contributed by atoms with Crippen molar-refractivity contribution in [3.63, 3.8) is 0 Å². The molecule has 0 spiro atoms. The first-order valence-electron chi connectivity index (χ1n) is 9.75. The van der Waals surface area contributed by atoms with Crippen LogP contribution in [-0.4, -0.2) is 49.5 Å². The van der Waals surface area contributed by atoms with E-state index in [0.717, 1.165) is 6.07 Å². The summed E-state index contributed by atoms with van der Waals surface area (Å²) in [5, 5.41) is 9.01. The van der Waals surface area contributed by atoms with Gasteiger partial charge in [0.05, 0.1) is 16.9 Å². The lowest BCUT2D eigenvalue weighted by Crippen LogP contribution is -2.54. The van der Waals surface area contributed by atoms with E-state index >= 15 is 0 Å². The minimum atomic E-state index is -4.80. The number of carboxylic acids is 1. The summed E-state index contributed by atoms with van der Waals surface area (Å²) in [6.07, 6.45) is -5.11. The predicted molar refractivity (Wildman–Crippen MR) is 109 cm³/mol. The summed E-state index contributed by atoms with van der Waals surface area (Å²) >= 11 is 0. The fourth-order valence-corrected chi connectivity index (χ4v) is 5.62. The Kier molecular flexibility index (Phi) is 6.52. The van der Waals surface area contributed by atoms with Crippen molar-refractivity contribution in [3.05, 3.63) is 58.9 Å². The number of aliphatic carboxylic acids is 1. The zero-order valence-electron chi connectivity index (χ0n) is 17.4. The maximum Gasteiger partial charge on any atom is 0.419 e. The molecule has 174 valence electrons. The first kappa shape index (κ1) is 24.0. The topological polar surface area (TPSA) is 77.9 Å². The van der Waals surface area contributed by atoms with E-state index in [2.05, 4.69) is 0 Å². The van der Waals surface area contributed by atoms with Crippen molar-refractivity contribution in [1.82, 2.24) is 4.31 Å². The van der Waals surface area contributed by atoms with Crippen molar-refractivity contribution < 1.29 is 35.9 Å². The number of sulfonamides is 1. The maximum absolute atomic E-state index is 14.0. The number of carbonyl (C=O) groups is 1. The highest BCUT2D eigenvalue weighted by atomic mass is 32.2. The molecule has 0 aliphatic carbocycles. The lowest BCUT2D eigenvalue weighted by molar-refractivity contribution is -0.140. The van der Waals surface area contributed by atoms with E-state index in [4.69, 9.17) is 5.11 Å². The lowest BCUT2D eigenvalue weighted by atomic mass is 10.1. The van der Waals surface area contributed by atoms with Crippen LogP contribution in [0.1, 0.15) is 23.6 Å². The van der Waals surface area contributed by atoms with Gasteiger partial charge in [0.25, 0.3) is 0 Å². The molecule has 1 N–H and O–H groups in total. The Morgan fingerprint density at radius 1 is 1.16 bits per heavy atom. The Morgan fingerprint density at radius 3 is 2.41 bits per heavy atom. The number of anilines is 1. The largest absolute Gasteiger partial charge is 0.481 e. The van der Waals surface area contributed by atoms with Gasteiger partial charge < -0.3 is 10.0 Å². The summed E-state index contributed by atoms with van der Waals surface area (Å²) in [6, 6.07) is 6.50. The third kappa shape index (κ3) is 5.04. The van der Waals surface area contributed by atoms with Gasteiger partial charge >= 0.3 is 12.1 Å². The van der Waals surface area contributed by atoms with E-state index in [0.29, 0.717) is 17.2 Å². The van der Waals surface area contributed by atoms with Crippen molar-refractivity contribution in [3.8, 4) is 0 Å². The van der Waals surface area contributed by atoms with Crippen LogP contribution in [0.15, 0.2) is 41.3 Å². The second kappa shape index (κ2) is 8.70. The molecule has 0 amide bonds. The van der Waals surface area contributed by atoms with E-state index in [9.17, 15) is 30.8 Å². The normalized spacial score (nSPS) is 18.1. The summed E-state index contributed by atoms with van der Waals surface area (Å²) in [5.41, 5.74) is -0.151. The molecule has 0 saturated carbocycles.